The summed E-state index contributed by atoms with van der Waals surface area (Å²) in [7, 11) is 3.69. The fourth-order valence-electron chi connectivity index (χ4n) is 3.45. The van der Waals surface area contributed by atoms with Gasteiger partial charge in [-0.15, -0.1) is 0 Å². The van der Waals surface area contributed by atoms with E-state index < -0.39 is 0 Å². The highest BCUT2D eigenvalue weighted by Crippen LogP contribution is 2.39. The summed E-state index contributed by atoms with van der Waals surface area (Å²) in [6.07, 6.45) is 3.56. The molecule has 0 unspecified atom stereocenters. The van der Waals surface area contributed by atoms with Gasteiger partial charge in [0.15, 0.2) is 5.96 Å². The molecule has 0 bridgehead atoms. The quantitative estimate of drug-likeness (QED) is 0.587. The molecule has 1 aliphatic heterocycles. The van der Waals surface area contributed by atoms with Crippen LogP contribution in [0.1, 0.15) is 24.1 Å². The number of ether oxygens (including phenoxy) is 1. The minimum atomic E-state index is -0.121. The van der Waals surface area contributed by atoms with Gasteiger partial charge in [-0.2, -0.15) is 5.10 Å². The van der Waals surface area contributed by atoms with Gasteiger partial charge in [-0.1, -0.05) is 29.3 Å². The van der Waals surface area contributed by atoms with E-state index in [0.717, 1.165) is 30.1 Å². The Morgan fingerprint density at radius 2 is 2.04 bits per heavy atom. The molecule has 3 rings (SSSR count). The number of aryl methyl sites for hydroxylation is 1. The zero-order valence-electron chi connectivity index (χ0n) is 15.6. The summed E-state index contributed by atoms with van der Waals surface area (Å²) in [6.45, 7) is 2.78. The number of aromatic nitrogens is 2. The summed E-state index contributed by atoms with van der Waals surface area (Å²) in [5.41, 5.74) is 2.07. The smallest absolute Gasteiger partial charge is 0.191 e. The average molecular weight is 410 g/mol. The number of hydrogen-bond donors (Lipinski definition) is 2. The SMILES string of the molecule is CN=C(NCc1ccnn1C)NCC1(c2ccc(Cl)cc2Cl)CCOCC1. The van der Waals surface area contributed by atoms with Crippen molar-refractivity contribution in [3.05, 3.63) is 51.8 Å². The Kier molecular flexibility index (Phi) is 6.63. The Morgan fingerprint density at radius 1 is 1.26 bits per heavy atom. The lowest BCUT2D eigenvalue weighted by Gasteiger charge is -2.39. The van der Waals surface area contributed by atoms with Crippen LogP contribution in [0, 0.1) is 0 Å². The van der Waals surface area contributed by atoms with E-state index in [2.05, 4.69) is 20.7 Å². The third kappa shape index (κ3) is 4.75. The van der Waals surface area contributed by atoms with Crippen molar-refractivity contribution in [3.8, 4) is 0 Å². The van der Waals surface area contributed by atoms with Gasteiger partial charge in [-0.25, -0.2) is 0 Å². The lowest BCUT2D eigenvalue weighted by molar-refractivity contribution is 0.0514. The molecule has 0 radical (unpaired) electrons. The van der Waals surface area contributed by atoms with E-state index in [-0.39, 0.29) is 5.41 Å². The van der Waals surface area contributed by atoms with Gasteiger partial charge in [-0.05, 0) is 36.6 Å². The topological polar surface area (TPSA) is 63.5 Å². The molecule has 1 aromatic carbocycles. The van der Waals surface area contributed by atoms with Crippen molar-refractivity contribution in [2.45, 2.75) is 24.8 Å². The number of aliphatic imine (C=N–C) groups is 1. The molecule has 1 aromatic heterocycles. The molecule has 27 heavy (non-hydrogen) atoms. The zero-order chi connectivity index (χ0) is 19.3. The molecule has 6 nitrogen and oxygen atoms in total. The highest BCUT2D eigenvalue weighted by atomic mass is 35.5. The number of nitrogens with zero attached hydrogens (tertiary/aromatic N) is 3. The van der Waals surface area contributed by atoms with Gasteiger partial charge in [0.05, 0.1) is 12.2 Å². The third-order valence-electron chi connectivity index (χ3n) is 5.13. The first-order chi connectivity index (χ1) is 13.0. The predicted octanol–water partition coefficient (Wildman–Crippen LogP) is 3.14. The molecule has 0 saturated carbocycles. The van der Waals surface area contributed by atoms with Gasteiger partial charge >= 0.3 is 0 Å². The summed E-state index contributed by atoms with van der Waals surface area (Å²) >= 11 is 12.6. The van der Waals surface area contributed by atoms with Crippen LogP contribution in [0.3, 0.4) is 0 Å². The first-order valence-electron chi connectivity index (χ1n) is 8.99. The number of benzene rings is 1. The Bertz CT molecular complexity index is 799. The molecule has 1 saturated heterocycles. The normalized spacial score (nSPS) is 17.0. The zero-order valence-corrected chi connectivity index (χ0v) is 17.1. The van der Waals surface area contributed by atoms with Crippen LogP contribution in [0.25, 0.3) is 0 Å². The van der Waals surface area contributed by atoms with Crippen LogP contribution in [0.4, 0.5) is 0 Å². The molecular formula is C19H25Cl2N5O. The van der Waals surface area contributed by atoms with Crippen LogP contribution < -0.4 is 10.6 Å². The van der Waals surface area contributed by atoms with Crippen molar-refractivity contribution in [2.75, 3.05) is 26.8 Å². The van der Waals surface area contributed by atoms with Gasteiger partial charge in [0.1, 0.15) is 0 Å². The maximum atomic E-state index is 6.54. The second-order valence-electron chi connectivity index (χ2n) is 6.74. The van der Waals surface area contributed by atoms with E-state index in [9.17, 15) is 0 Å². The van der Waals surface area contributed by atoms with Gasteiger partial charge in [-0.3, -0.25) is 9.67 Å². The van der Waals surface area contributed by atoms with Crippen LogP contribution in [-0.2, 0) is 23.7 Å². The van der Waals surface area contributed by atoms with E-state index in [0.29, 0.717) is 36.3 Å². The van der Waals surface area contributed by atoms with Gasteiger partial charge in [0.25, 0.3) is 0 Å². The summed E-state index contributed by atoms with van der Waals surface area (Å²) in [4.78, 5) is 4.34. The first-order valence-corrected chi connectivity index (χ1v) is 9.74. The number of halogens is 2. The molecule has 2 N–H and O–H groups in total. The lowest BCUT2D eigenvalue weighted by Crippen LogP contribution is -2.48. The first kappa shape index (κ1) is 20.0. The van der Waals surface area contributed by atoms with Crippen molar-refractivity contribution < 1.29 is 4.74 Å². The molecule has 2 heterocycles. The highest BCUT2D eigenvalue weighted by molar-refractivity contribution is 6.35. The van der Waals surface area contributed by atoms with E-state index in [4.69, 9.17) is 27.9 Å². The summed E-state index contributed by atoms with van der Waals surface area (Å²) in [5, 5.41) is 12.3. The van der Waals surface area contributed by atoms with Crippen LogP contribution in [0.5, 0.6) is 0 Å². The molecule has 146 valence electrons. The number of nitrogens with one attached hydrogen (secondary N) is 2. The summed E-state index contributed by atoms with van der Waals surface area (Å²) in [5.74, 6) is 0.743. The van der Waals surface area contributed by atoms with E-state index in [1.165, 1.54) is 0 Å². The molecule has 0 spiro atoms. The standard InChI is InChI=1S/C19H25Cl2N5O/c1-22-18(23-12-15-5-8-25-26(15)2)24-13-19(6-9-27-10-7-19)16-4-3-14(20)11-17(16)21/h3-5,8,11H,6-7,9-10,12-13H2,1-2H3,(H2,22,23,24). The van der Waals surface area contributed by atoms with Crippen LogP contribution in [-0.4, -0.2) is 42.5 Å². The maximum absolute atomic E-state index is 6.54. The van der Waals surface area contributed by atoms with E-state index >= 15 is 0 Å². The fourth-order valence-corrected chi connectivity index (χ4v) is 4.05. The fraction of sp³-hybridized carbons (Fsp3) is 0.474. The van der Waals surface area contributed by atoms with Crippen molar-refractivity contribution in [1.82, 2.24) is 20.4 Å². The minimum Gasteiger partial charge on any atom is -0.381 e. The largest absolute Gasteiger partial charge is 0.381 e. The Labute approximate surface area is 169 Å². The molecule has 0 amide bonds. The number of guanidine groups is 1. The van der Waals surface area contributed by atoms with Gasteiger partial charge in [0.2, 0.25) is 0 Å². The predicted molar refractivity (Wildman–Crippen MR) is 110 cm³/mol. The summed E-state index contributed by atoms with van der Waals surface area (Å²) in [6, 6.07) is 7.72. The third-order valence-corrected chi connectivity index (χ3v) is 5.68. The Balaban J connectivity index is 1.71. The summed E-state index contributed by atoms with van der Waals surface area (Å²) < 4.78 is 7.44. The molecule has 8 heteroatoms. The lowest BCUT2D eigenvalue weighted by atomic mass is 9.74. The number of rotatable bonds is 5. The second kappa shape index (κ2) is 8.95. The molecule has 2 aromatic rings. The molecule has 1 fully saturated rings. The van der Waals surface area contributed by atoms with Crippen LogP contribution >= 0.6 is 23.2 Å². The van der Waals surface area contributed by atoms with Crippen molar-refractivity contribution in [2.24, 2.45) is 12.0 Å². The van der Waals surface area contributed by atoms with Crippen molar-refractivity contribution in [1.29, 1.82) is 0 Å². The van der Waals surface area contributed by atoms with Crippen LogP contribution in [0.15, 0.2) is 35.5 Å². The minimum absolute atomic E-state index is 0.121. The van der Waals surface area contributed by atoms with Gasteiger partial charge in [0, 0.05) is 55.5 Å². The Morgan fingerprint density at radius 3 is 2.67 bits per heavy atom. The molecule has 0 atom stereocenters. The highest BCUT2D eigenvalue weighted by Gasteiger charge is 2.36. The molecular weight excluding hydrogens is 385 g/mol. The molecule has 0 aliphatic carbocycles. The van der Waals surface area contributed by atoms with Gasteiger partial charge < -0.3 is 15.4 Å². The van der Waals surface area contributed by atoms with E-state index in [1.54, 1.807) is 13.2 Å². The average Bonchev–Trinajstić information content (AvgIpc) is 3.07. The second-order valence-corrected chi connectivity index (χ2v) is 7.59. The van der Waals surface area contributed by atoms with Crippen molar-refractivity contribution in [3.63, 3.8) is 0 Å². The van der Waals surface area contributed by atoms with E-state index in [1.807, 2.05) is 36.0 Å². The monoisotopic (exact) mass is 409 g/mol. The van der Waals surface area contributed by atoms with Crippen LogP contribution in [0.2, 0.25) is 10.0 Å². The maximum Gasteiger partial charge on any atom is 0.191 e. The van der Waals surface area contributed by atoms with Crippen molar-refractivity contribution >= 4 is 29.2 Å². The molecule has 1 aliphatic rings. The number of hydrogen-bond acceptors (Lipinski definition) is 3. The Hall–Kier alpha value is -1.76.